The smallest absolute Gasteiger partial charge is 0.123 e. The Balaban J connectivity index is 2.28. The Hall–Kier alpha value is -2.35. The number of hydrogen-bond acceptors (Lipinski definition) is 3. The summed E-state index contributed by atoms with van der Waals surface area (Å²) in [4.78, 5) is 0. The van der Waals surface area contributed by atoms with Crippen molar-refractivity contribution in [3.63, 3.8) is 0 Å². The van der Waals surface area contributed by atoms with Gasteiger partial charge in [0.2, 0.25) is 0 Å². The number of rotatable bonds is 3. The lowest BCUT2D eigenvalue weighted by molar-refractivity contribution is 0.627. The van der Waals surface area contributed by atoms with E-state index in [1.165, 1.54) is 12.1 Å². The number of aromatic nitrogens is 2. The number of benzene rings is 1. The number of nitrogen functional groups attached to an aromatic ring is 1. The van der Waals surface area contributed by atoms with Crippen LogP contribution in [0.15, 0.2) is 30.3 Å². The molecule has 1 aromatic heterocycles. The lowest BCUT2D eigenvalue weighted by Gasteiger charge is -1.98. The fraction of sp³-hybridized carbons (Fsp3) is 0.167. The van der Waals surface area contributed by atoms with E-state index in [1.807, 2.05) is 6.07 Å². The van der Waals surface area contributed by atoms with Crippen LogP contribution >= 0.6 is 0 Å². The van der Waals surface area contributed by atoms with Gasteiger partial charge in [-0.2, -0.15) is 10.4 Å². The second-order valence-electron chi connectivity index (χ2n) is 3.59. The van der Waals surface area contributed by atoms with Crippen LogP contribution in [0.3, 0.4) is 0 Å². The second kappa shape index (κ2) is 4.66. The fourth-order valence-electron chi connectivity index (χ4n) is 1.53. The van der Waals surface area contributed by atoms with E-state index in [0.29, 0.717) is 24.5 Å². The summed E-state index contributed by atoms with van der Waals surface area (Å²) in [6.45, 7) is 0.462. The fourth-order valence-corrected chi connectivity index (χ4v) is 1.53. The average molecular weight is 230 g/mol. The average Bonchev–Trinajstić information content (AvgIpc) is 2.69. The Morgan fingerprint density at radius 2 is 2.06 bits per heavy atom. The number of halogens is 1. The van der Waals surface area contributed by atoms with E-state index in [1.54, 1.807) is 22.9 Å². The first kappa shape index (κ1) is 11.1. The molecule has 5 heteroatoms. The molecule has 17 heavy (non-hydrogen) atoms. The summed E-state index contributed by atoms with van der Waals surface area (Å²) in [7, 11) is 0. The van der Waals surface area contributed by atoms with Gasteiger partial charge in [0.15, 0.2) is 0 Å². The molecule has 86 valence electrons. The Morgan fingerprint density at radius 3 is 2.71 bits per heavy atom. The van der Waals surface area contributed by atoms with E-state index in [9.17, 15) is 4.39 Å². The summed E-state index contributed by atoms with van der Waals surface area (Å²) in [6, 6.07) is 9.79. The molecule has 0 aliphatic rings. The number of hydrogen-bond donors (Lipinski definition) is 1. The molecule has 0 atom stereocenters. The van der Waals surface area contributed by atoms with Crippen LogP contribution in [0.1, 0.15) is 6.42 Å². The zero-order valence-corrected chi connectivity index (χ0v) is 9.10. The quantitative estimate of drug-likeness (QED) is 0.878. The highest BCUT2D eigenvalue weighted by molar-refractivity contribution is 5.62. The molecule has 0 saturated carbocycles. The molecule has 0 aliphatic carbocycles. The predicted octanol–water partition coefficient (Wildman–Crippen LogP) is 2.19. The number of anilines is 1. The molecule has 1 heterocycles. The molecular formula is C12H11FN4. The summed E-state index contributed by atoms with van der Waals surface area (Å²) < 4.78 is 14.3. The van der Waals surface area contributed by atoms with Crippen molar-refractivity contribution in [1.82, 2.24) is 9.78 Å². The third-order valence-electron chi connectivity index (χ3n) is 2.39. The van der Waals surface area contributed by atoms with Gasteiger partial charge in [0.25, 0.3) is 0 Å². The first-order valence-corrected chi connectivity index (χ1v) is 5.17. The molecular weight excluding hydrogens is 219 g/mol. The summed E-state index contributed by atoms with van der Waals surface area (Å²) in [5, 5.41) is 12.8. The largest absolute Gasteiger partial charge is 0.384 e. The number of nitriles is 1. The van der Waals surface area contributed by atoms with Crippen LogP contribution in [0.25, 0.3) is 11.3 Å². The molecule has 1 aromatic carbocycles. The van der Waals surface area contributed by atoms with Crippen molar-refractivity contribution in [2.24, 2.45) is 0 Å². The highest BCUT2D eigenvalue weighted by Crippen LogP contribution is 2.20. The van der Waals surface area contributed by atoms with Crippen LogP contribution in [0, 0.1) is 17.1 Å². The molecule has 2 aromatic rings. The third kappa shape index (κ3) is 2.42. The van der Waals surface area contributed by atoms with Crippen molar-refractivity contribution in [3.05, 3.63) is 36.1 Å². The third-order valence-corrected chi connectivity index (χ3v) is 2.39. The van der Waals surface area contributed by atoms with E-state index >= 15 is 0 Å². The molecule has 0 saturated heterocycles. The van der Waals surface area contributed by atoms with Crippen LogP contribution in [0.5, 0.6) is 0 Å². The van der Waals surface area contributed by atoms with Gasteiger partial charge in [0.1, 0.15) is 11.6 Å². The van der Waals surface area contributed by atoms with Crippen LogP contribution in [-0.2, 0) is 6.54 Å². The molecule has 0 fully saturated rings. The predicted molar refractivity (Wildman–Crippen MR) is 62.3 cm³/mol. The van der Waals surface area contributed by atoms with E-state index in [2.05, 4.69) is 5.10 Å². The second-order valence-corrected chi connectivity index (χ2v) is 3.59. The van der Waals surface area contributed by atoms with Gasteiger partial charge in [0.05, 0.1) is 24.7 Å². The Labute approximate surface area is 98.1 Å². The maximum absolute atomic E-state index is 12.8. The molecule has 0 amide bonds. The van der Waals surface area contributed by atoms with Crippen LogP contribution in [0.4, 0.5) is 10.2 Å². The molecule has 2 rings (SSSR count). The lowest BCUT2D eigenvalue weighted by Crippen LogP contribution is -2.03. The maximum atomic E-state index is 12.8. The number of aryl methyl sites for hydroxylation is 1. The highest BCUT2D eigenvalue weighted by atomic mass is 19.1. The zero-order chi connectivity index (χ0) is 12.3. The Bertz CT molecular complexity index is 551. The van der Waals surface area contributed by atoms with Gasteiger partial charge in [-0.15, -0.1) is 0 Å². The lowest BCUT2D eigenvalue weighted by atomic mass is 10.1. The summed E-state index contributed by atoms with van der Waals surface area (Å²) in [5.41, 5.74) is 7.25. The normalized spacial score (nSPS) is 10.1. The minimum Gasteiger partial charge on any atom is -0.384 e. The van der Waals surface area contributed by atoms with E-state index in [-0.39, 0.29) is 5.82 Å². The van der Waals surface area contributed by atoms with Crippen molar-refractivity contribution in [1.29, 1.82) is 5.26 Å². The standard InChI is InChI=1S/C12H11FN4/c13-10-4-2-9(3-5-10)11-8-12(15)17(16-11)7-1-6-14/h2-5,8H,1,7,15H2. The molecule has 0 radical (unpaired) electrons. The van der Waals surface area contributed by atoms with Crippen LogP contribution in [-0.4, -0.2) is 9.78 Å². The summed E-state index contributed by atoms with van der Waals surface area (Å²) in [5.74, 6) is 0.213. The van der Waals surface area contributed by atoms with Crippen molar-refractivity contribution in [2.75, 3.05) is 5.73 Å². The Kier molecular flexibility index (Phi) is 3.06. The molecule has 0 spiro atoms. The SMILES string of the molecule is N#CCCn1nc(-c2ccc(F)cc2)cc1N. The highest BCUT2D eigenvalue weighted by Gasteiger charge is 2.06. The molecule has 0 unspecified atom stereocenters. The van der Waals surface area contributed by atoms with Crippen molar-refractivity contribution in [2.45, 2.75) is 13.0 Å². The van der Waals surface area contributed by atoms with Gasteiger partial charge in [-0.3, -0.25) is 0 Å². The maximum Gasteiger partial charge on any atom is 0.123 e. The topological polar surface area (TPSA) is 67.6 Å². The van der Waals surface area contributed by atoms with E-state index in [4.69, 9.17) is 11.0 Å². The first-order valence-electron chi connectivity index (χ1n) is 5.17. The van der Waals surface area contributed by atoms with E-state index < -0.39 is 0 Å². The zero-order valence-electron chi connectivity index (χ0n) is 9.10. The van der Waals surface area contributed by atoms with Gasteiger partial charge >= 0.3 is 0 Å². The summed E-state index contributed by atoms with van der Waals surface area (Å²) >= 11 is 0. The minimum atomic E-state index is -0.286. The van der Waals surface area contributed by atoms with Gasteiger partial charge in [-0.25, -0.2) is 9.07 Å². The van der Waals surface area contributed by atoms with Crippen molar-refractivity contribution in [3.8, 4) is 17.3 Å². The van der Waals surface area contributed by atoms with Crippen LogP contribution < -0.4 is 5.73 Å². The van der Waals surface area contributed by atoms with Crippen LogP contribution in [0.2, 0.25) is 0 Å². The molecule has 0 aliphatic heterocycles. The van der Waals surface area contributed by atoms with Gasteiger partial charge in [-0.1, -0.05) is 0 Å². The first-order chi connectivity index (χ1) is 8.20. The van der Waals surface area contributed by atoms with E-state index in [0.717, 1.165) is 5.56 Å². The number of nitrogens with two attached hydrogens (primary N) is 1. The Morgan fingerprint density at radius 1 is 1.35 bits per heavy atom. The monoisotopic (exact) mass is 230 g/mol. The molecule has 4 nitrogen and oxygen atoms in total. The van der Waals surface area contributed by atoms with Gasteiger partial charge < -0.3 is 5.73 Å². The van der Waals surface area contributed by atoms with Gasteiger partial charge in [0, 0.05) is 11.6 Å². The number of nitrogens with zero attached hydrogens (tertiary/aromatic N) is 3. The van der Waals surface area contributed by atoms with Gasteiger partial charge in [-0.05, 0) is 24.3 Å². The molecule has 0 bridgehead atoms. The minimum absolute atomic E-state index is 0.286. The molecule has 2 N–H and O–H groups in total. The van der Waals surface area contributed by atoms with Crippen molar-refractivity contribution >= 4 is 5.82 Å². The van der Waals surface area contributed by atoms with Crippen molar-refractivity contribution < 1.29 is 4.39 Å². The summed E-state index contributed by atoms with van der Waals surface area (Å²) in [6.07, 6.45) is 0.356.